The molecule has 5 nitrogen and oxygen atoms in total. The normalized spacial score (nSPS) is 17.8. The largest absolute Gasteiger partial charge is 0.446 e. The second-order valence-corrected chi connectivity index (χ2v) is 4.69. The number of hydrogen-bond donors (Lipinski definition) is 0. The first-order chi connectivity index (χ1) is 8.82. The van der Waals surface area contributed by atoms with Gasteiger partial charge in [0.2, 0.25) is 0 Å². The summed E-state index contributed by atoms with van der Waals surface area (Å²) >= 11 is 0. The first-order valence-electron chi connectivity index (χ1n) is 5.92. The van der Waals surface area contributed by atoms with Crippen molar-refractivity contribution in [1.82, 2.24) is 4.98 Å². The first-order valence-corrected chi connectivity index (χ1v) is 5.92. The van der Waals surface area contributed by atoms with Gasteiger partial charge in [-0.25, -0.2) is 14.6 Å². The van der Waals surface area contributed by atoms with E-state index >= 15 is 0 Å². The van der Waals surface area contributed by atoms with Crippen LogP contribution in [-0.4, -0.2) is 16.9 Å². The minimum Gasteiger partial charge on any atom is -0.446 e. The number of ether oxygens (including phenoxy) is 1. The van der Waals surface area contributed by atoms with Crippen molar-refractivity contribution >= 4 is 17.5 Å². The first kappa shape index (κ1) is 13.3. The Morgan fingerprint density at radius 3 is 2.05 bits per heavy atom. The molecule has 1 aliphatic rings. The molecule has 5 heteroatoms. The zero-order valence-corrected chi connectivity index (χ0v) is 11.6. The Hall–Kier alpha value is -2.17. The van der Waals surface area contributed by atoms with Crippen LogP contribution < -0.4 is 0 Å². The molecule has 1 aliphatic heterocycles. The van der Waals surface area contributed by atoms with E-state index in [9.17, 15) is 9.59 Å². The van der Waals surface area contributed by atoms with Crippen molar-refractivity contribution in [3.05, 3.63) is 34.1 Å². The molecule has 1 fully saturated rings. The summed E-state index contributed by atoms with van der Waals surface area (Å²) in [4.78, 5) is 27.8. The lowest BCUT2D eigenvalue weighted by Crippen LogP contribution is -2.00. The topological polar surface area (TPSA) is 69.4 Å². The molecule has 2 rings (SSSR count). The molecule has 0 radical (unpaired) electrons. The van der Waals surface area contributed by atoms with Crippen molar-refractivity contribution in [3.8, 4) is 0 Å². The Kier molecular flexibility index (Phi) is 3.14. The molecular weight excluding hydrogens is 246 g/mol. The van der Waals surface area contributed by atoms with Gasteiger partial charge in [0.1, 0.15) is 11.5 Å². The Balaban J connectivity index is 2.69. The van der Waals surface area contributed by atoms with E-state index in [-0.39, 0.29) is 5.57 Å². The Labute approximate surface area is 111 Å². The maximum Gasteiger partial charge on any atom is 0.347 e. The zero-order valence-electron chi connectivity index (χ0n) is 11.6. The molecule has 19 heavy (non-hydrogen) atoms. The van der Waals surface area contributed by atoms with E-state index in [1.165, 1.54) is 0 Å². The Bertz CT molecular complexity index is 642. The number of carbonyl (C=O) groups is 2. The minimum atomic E-state index is -0.626. The number of hydrogen-bond acceptors (Lipinski definition) is 5. The van der Waals surface area contributed by atoms with Gasteiger partial charge in [0.05, 0.1) is 11.1 Å². The van der Waals surface area contributed by atoms with Gasteiger partial charge >= 0.3 is 11.9 Å². The fourth-order valence-electron chi connectivity index (χ4n) is 2.18. The van der Waals surface area contributed by atoms with Gasteiger partial charge in [-0.05, 0) is 33.3 Å². The summed E-state index contributed by atoms with van der Waals surface area (Å²) in [6, 6.07) is 0. The molecule has 0 saturated carbocycles. The predicted molar refractivity (Wildman–Crippen MR) is 68.0 cm³/mol. The Morgan fingerprint density at radius 2 is 1.58 bits per heavy atom. The van der Waals surface area contributed by atoms with Gasteiger partial charge in [-0.1, -0.05) is 5.57 Å². The molecule has 0 aliphatic carbocycles. The lowest BCUT2D eigenvalue weighted by atomic mass is 9.97. The van der Waals surface area contributed by atoms with E-state index in [4.69, 9.17) is 4.42 Å². The molecule has 2 heterocycles. The highest BCUT2D eigenvalue weighted by molar-refractivity contribution is 6.21. The molecule has 0 bridgehead atoms. The zero-order chi connectivity index (χ0) is 14.3. The fraction of sp³-hybridized carbons (Fsp3) is 0.357. The second kappa shape index (κ2) is 4.50. The third-order valence-electron chi connectivity index (χ3n) is 2.98. The standard InChI is InChI=1S/C14H15NO4/c1-6(2)10-11(14(17)19-13(10)16)7(3)12-8(4)18-9(5)15-12/h1-5H3/b11-7-. The van der Waals surface area contributed by atoms with Gasteiger partial charge in [0.15, 0.2) is 5.89 Å². The number of aryl methyl sites for hydroxylation is 2. The van der Waals surface area contributed by atoms with Crippen LogP contribution in [0.15, 0.2) is 21.1 Å². The lowest BCUT2D eigenvalue weighted by Gasteiger charge is -2.03. The highest BCUT2D eigenvalue weighted by atomic mass is 16.6. The second-order valence-electron chi connectivity index (χ2n) is 4.69. The van der Waals surface area contributed by atoms with Crippen molar-refractivity contribution in [2.24, 2.45) is 0 Å². The van der Waals surface area contributed by atoms with Crippen LogP contribution in [0, 0.1) is 13.8 Å². The number of aromatic nitrogens is 1. The van der Waals surface area contributed by atoms with Gasteiger partial charge in [-0.15, -0.1) is 0 Å². The molecule has 0 N–H and O–H groups in total. The van der Waals surface area contributed by atoms with Crippen LogP contribution in [0.1, 0.15) is 38.1 Å². The van der Waals surface area contributed by atoms with Gasteiger partial charge in [-0.2, -0.15) is 0 Å². The molecule has 1 aromatic rings. The molecule has 0 atom stereocenters. The molecule has 0 amide bonds. The van der Waals surface area contributed by atoms with Crippen LogP contribution in [0.25, 0.3) is 5.57 Å². The van der Waals surface area contributed by atoms with E-state index in [0.29, 0.717) is 28.5 Å². The summed E-state index contributed by atoms with van der Waals surface area (Å²) in [5.41, 5.74) is 2.52. The third kappa shape index (κ3) is 2.12. The van der Waals surface area contributed by atoms with E-state index in [1.807, 2.05) is 0 Å². The van der Waals surface area contributed by atoms with Crippen LogP contribution in [0.3, 0.4) is 0 Å². The summed E-state index contributed by atoms with van der Waals surface area (Å²) < 4.78 is 10.0. The highest BCUT2D eigenvalue weighted by Crippen LogP contribution is 2.33. The number of esters is 2. The predicted octanol–water partition coefficient (Wildman–Crippen LogP) is 2.48. The smallest absolute Gasteiger partial charge is 0.347 e. The highest BCUT2D eigenvalue weighted by Gasteiger charge is 2.36. The van der Waals surface area contributed by atoms with Crippen LogP contribution in [-0.2, 0) is 14.3 Å². The summed E-state index contributed by atoms with van der Waals surface area (Å²) in [7, 11) is 0. The average molecular weight is 261 g/mol. The molecule has 0 aromatic carbocycles. The molecule has 100 valence electrons. The van der Waals surface area contributed by atoms with Crippen molar-refractivity contribution in [1.29, 1.82) is 0 Å². The SMILES string of the molecule is CC(C)=C1C(=O)OC(=O)/C1=C(/C)c1nc(C)oc1C. The number of nitrogens with zero attached hydrogens (tertiary/aromatic N) is 1. The van der Waals surface area contributed by atoms with Gasteiger partial charge in [-0.3, -0.25) is 0 Å². The van der Waals surface area contributed by atoms with E-state index in [2.05, 4.69) is 9.72 Å². The molecular formula is C14H15NO4. The molecule has 1 saturated heterocycles. The fourth-order valence-corrected chi connectivity index (χ4v) is 2.18. The molecule has 0 unspecified atom stereocenters. The number of carbonyl (C=O) groups excluding carboxylic acids is 2. The summed E-state index contributed by atoms with van der Waals surface area (Å²) in [6.07, 6.45) is 0. The maximum atomic E-state index is 11.8. The summed E-state index contributed by atoms with van der Waals surface area (Å²) in [5, 5.41) is 0. The third-order valence-corrected chi connectivity index (χ3v) is 2.98. The number of allylic oxidation sites excluding steroid dienone is 2. The van der Waals surface area contributed by atoms with Crippen molar-refractivity contribution in [2.75, 3.05) is 0 Å². The molecule has 1 aromatic heterocycles. The van der Waals surface area contributed by atoms with E-state index in [1.54, 1.807) is 34.6 Å². The number of cyclic esters (lactones) is 2. The minimum absolute atomic E-state index is 0.279. The van der Waals surface area contributed by atoms with Gasteiger partial charge in [0.25, 0.3) is 0 Å². The van der Waals surface area contributed by atoms with Crippen LogP contribution >= 0.6 is 0 Å². The monoisotopic (exact) mass is 261 g/mol. The molecule has 0 spiro atoms. The summed E-state index contributed by atoms with van der Waals surface area (Å²) in [6.45, 7) is 8.77. The Morgan fingerprint density at radius 1 is 1.00 bits per heavy atom. The van der Waals surface area contributed by atoms with Crippen LogP contribution in [0.5, 0.6) is 0 Å². The van der Waals surface area contributed by atoms with Crippen molar-refractivity contribution in [2.45, 2.75) is 34.6 Å². The number of rotatable bonds is 1. The maximum absolute atomic E-state index is 11.8. The van der Waals surface area contributed by atoms with Gasteiger partial charge < -0.3 is 9.15 Å². The summed E-state index contributed by atoms with van der Waals surface area (Å²) in [5.74, 6) is -0.0948. The number of oxazole rings is 1. The lowest BCUT2D eigenvalue weighted by molar-refractivity contribution is -0.149. The van der Waals surface area contributed by atoms with Gasteiger partial charge in [0, 0.05) is 6.92 Å². The quantitative estimate of drug-likeness (QED) is 0.441. The van der Waals surface area contributed by atoms with E-state index < -0.39 is 11.9 Å². The average Bonchev–Trinajstić information content (AvgIpc) is 2.77. The van der Waals surface area contributed by atoms with Crippen LogP contribution in [0.2, 0.25) is 0 Å². The van der Waals surface area contributed by atoms with E-state index in [0.717, 1.165) is 5.57 Å². The van der Waals surface area contributed by atoms with Crippen molar-refractivity contribution < 1.29 is 18.7 Å². The van der Waals surface area contributed by atoms with Crippen molar-refractivity contribution in [3.63, 3.8) is 0 Å². The van der Waals surface area contributed by atoms with Crippen LogP contribution in [0.4, 0.5) is 0 Å².